The molecule has 11 heteroatoms. The lowest BCUT2D eigenvalue weighted by Gasteiger charge is -2.18. The lowest BCUT2D eigenvalue weighted by molar-refractivity contribution is -0.146. The van der Waals surface area contributed by atoms with Crippen molar-refractivity contribution in [1.29, 1.82) is 0 Å². The number of hydrogen-bond acceptors (Lipinski definition) is 10. The number of unbranched alkanes of at least 4 members (excludes halogenated alkanes) is 16. The number of carbonyl (C=O) groups excluding carboxylic acids is 2. The summed E-state index contributed by atoms with van der Waals surface area (Å²) in [6, 6.07) is 0. The second kappa shape index (κ2) is 39.4. The highest BCUT2D eigenvalue weighted by Gasteiger charge is 2.26. The van der Waals surface area contributed by atoms with Crippen molar-refractivity contribution in [1.82, 2.24) is 0 Å². The summed E-state index contributed by atoms with van der Waals surface area (Å²) in [5, 5.41) is 17.0. The predicted octanol–water partition coefficient (Wildman–Crippen LogP) is 9.62. The predicted molar refractivity (Wildman–Crippen MR) is 189 cm³/mol. The van der Waals surface area contributed by atoms with Crippen molar-refractivity contribution >= 4 is 19.8 Å². The lowest BCUT2D eigenvalue weighted by atomic mass is 10.1. The Morgan fingerprint density at radius 3 is 1.02 bits per heavy atom. The zero-order valence-electron chi connectivity index (χ0n) is 30.5. The number of hydrogen-bond donors (Lipinski definition) is 2. The number of phosphoric acid groups is 1. The topological polar surface area (TPSA) is 138 Å². The van der Waals surface area contributed by atoms with Crippen molar-refractivity contribution in [3.8, 4) is 0 Å². The number of aliphatic hydroxyl groups is 2. The van der Waals surface area contributed by atoms with Crippen molar-refractivity contribution in [3.63, 3.8) is 0 Å². The summed E-state index contributed by atoms with van der Waals surface area (Å²) in [5.41, 5.74) is 0. The maximum absolute atomic E-state index is 13.0. The molecule has 47 heavy (non-hydrogen) atoms. The van der Waals surface area contributed by atoms with Gasteiger partial charge < -0.3 is 19.7 Å². The van der Waals surface area contributed by atoms with E-state index >= 15 is 0 Å². The van der Waals surface area contributed by atoms with Gasteiger partial charge in [-0.05, 0) is 32.1 Å². The van der Waals surface area contributed by atoms with Gasteiger partial charge in [0.15, 0.2) is 0 Å². The van der Waals surface area contributed by atoms with Crippen LogP contribution in [0.1, 0.15) is 175 Å². The van der Waals surface area contributed by atoms with Crippen LogP contribution in [0.15, 0.2) is 0 Å². The molecule has 10 nitrogen and oxygen atoms in total. The van der Waals surface area contributed by atoms with Crippen LogP contribution in [0.2, 0.25) is 0 Å². The van der Waals surface area contributed by atoms with E-state index in [1.165, 1.54) is 77.0 Å². The maximum Gasteiger partial charge on any atom is 0.474 e. The summed E-state index contributed by atoms with van der Waals surface area (Å²) in [6.45, 7) is 8.56. The van der Waals surface area contributed by atoms with Gasteiger partial charge in [0, 0.05) is 38.9 Å². The normalized spacial score (nSPS) is 11.3. The third-order valence-electron chi connectivity index (χ3n) is 7.38. The van der Waals surface area contributed by atoms with Crippen LogP contribution in [0.5, 0.6) is 0 Å². The number of ether oxygens (including phenoxy) is 2. The smallest absolute Gasteiger partial charge is 0.466 e. The van der Waals surface area contributed by atoms with Gasteiger partial charge in [0.1, 0.15) is 0 Å². The molecule has 0 atom stereocenters. The maximum atomic E-state index is 13.0. The molecule has 282 valence electrons. The molecule has 0 saturated carbocycles. The molecule has 0 radical (unpaired) electrons. The highest BCUT2D eigenvalue weighted by Crippen LogP contribution is 2.50. The van der Waals surface area contributed by atoms with Crippen LogP contribution in [0.3, 0.4) is 0 Å². The average Bonchev–Trinajstić information content (AvgIpc) is 3.06. The number of phosphoric ester groups is 1. The standard InChI is InChI=1S/C24H51O4P.C12H22O6/c1-4-7-10-13-16-19-22-26-29(25,27-23-20-17-14-11-8-5-2)28-24-21-18-15-12-9-6-3;13-7-3-9-17-11(15)5-1-2-6-12(16)18-10-4-8-14/h4-24H2,1-3H3;13-14H,1-10H2. The van der Waals surface area contributed by atoms with Gasteiger partial charge >= 0.3 is 19.8 Å². The molecule has 0 bridgehead atoms. The molecule has 0 spiro atoms. The SMILES string of the molecule is CCCCCCCCOP(=O)(OCCCCCCCC)OCCCCCCCC.O=C(CCCCC(=O)OCCCO)OCCCO. The molecule has 0 aliphatic heterocycles. The first-order valence-electron chi connectivity index (χ1n) is 19.0. The van der Waals surface area contributed by atoms with E-state index in [0.717, 1.165) is 38.5 Å². The molecule has 0 saturated heterocycles. The molecule has 0 aliphatic rings. The molecule has 0 aromatic heterocycles. The van der Waals surface area contributed by atoms with Crippen LogP contribution >= 0.6 is 7.82 Å². The minimum absolute atomic E-state index is 0.00691. The monoisotopic (exact) mass is 696 g/mol. The molecule has 2 N–H and O–H groups in total. The molecule has 0 amide bonds. The summed E-state index contributed by atoms with van der Waals surface area (Å²) in [4.78, 5) is 22.3. The van der Waals surface area contributed by atoms with Crippen molar-refractivity contribution in [2.75, 3.05) is 46.2 Å². The van der Waals surface area contributed by atoms with E-state index in [1.807, 2.05) is 0 Å². The Balaban J connectivity index is 0. The zero-order valence-corrected chi connectivity index (χ0v) is 31.4. The van der Waals surface area contributed by atoms with Gasteiger partial charge in [-0.2, -0.15) is 0 Å². The van der Waals surface area contributed by atoms with Crippen LogP contribution in [-0.4, -0.2) is 68.4 Å². The summed E-state index contributed by atoms with van der Waals surface area (Å²) in [7, 11) is -3.40. The molecule has 0 heterocycles. The first-order valence-corrected chi connectivity index (χ1v) is 20.4. The Kier molecular flexibility index (Phi) is 40.3. The number of carbonyl (C=O) groups is 2. The summed E-state index contributed by atoms with van der Waals surface area (Å²) >= 11 is 0. The second-order valence-corrected chi connectivity index (χ2v) is 13.7. The first kappa shape index (κ1) is 48.1. The minimum Gasteiger partial charge on any atom is -0.466 e. The number of esters is 2. The van der Waals surface area contributed by atoms with Gasteiger partial charge in [0.25, 0.3) is 0 Å². The molecular formula is C36H73O10P. The van der Waals surface area contributed by atoms with E-state index in [1.54, 1.807) is 0 Å². The molecule has 0 aromatic carbocycles. The fraction of sp³-hybridized carbons (Fsp3) is 0.944. The third kappa shape index (κ3) is 39.3. The summed E-state index contributed by atoms with van der Waals surface area (Å²) < 4.78 is 39.5. The molecule has 0 rings (SSSR count). The largest absolute Gasteiger partial charge is 0.474 e. The minimum atomic E-state index is -3.40. The van der Waals surface area contributed by atoms with Crippen LogP contribution in [0.25, 0.3) is 0 Å². The fourth-order valence-electron chi connectivity index (χ4n) is 4.47. The van der Waals surface area contributed by atoms with Crippen LogP contribution < -0.4 is 0 Å². The van der Waals surface area contributed by atoms with E-state index in [-0.39, 0.29) is 51.2 Å². The number of aliphatic hydroxyl groups excluding tert-OH is 2. The van der Waals surface area contributed by atoms with E-state index < -0.39 is 7.82 Å². The van der Waals surface area contributed by atoms with E-state index in [4.69, 9.17) is 33.3 Å². The Morgan fingerprint density at radius 2 is 0.723 bits per heavy atom. The quantitative estimate of drug-likeness (QED) is 0.0374. The summed E-state index contributed by atoms with van der Waals surface area (Å²) in [6.07, 6.45) is 23.9. The van der Waals surface area contributed by atoms with Gasteiger partial charge in [0.05, 0.1) is 33.0 Å². The summed E-state index contributed by atoms with van der Waals surface area (Å²) in [5.74, 6) is -0.616. The fourth-order valence-corrected chi connectivity index (χ4v) is 5.75. The van der Waals surface area contributed by atoms with Gasteiger partial charge in [-0.25, -0.2) is 4.57 Å². The van der Waals surface area contributed by atoms with E-state index in [0.29, 0.717) is 45.5 Å². The van der Waals surface area contributed by atoms with Gasteiger partial charge in [0.2, 0.25) is 0 Å². The van der Waals surface area contributed by atoms with Crippen molar-refractivity contribution in [2.24, 2.45) is 0 Å². The second-order valence-electron chi connectivity index (χ2n) is 12.1. The Labute approximate surface area is 288 Å². The van der Waals surface area contributed by atoms with Crippen molar-refractivity contribution in [2.45, 2.75) is 175 Å². The van der Waals surface area contributed by atoms with E-state index in [9.17, 15) is 14.2 Å². The third-order valence-corrected chi connectivity index (χ3v) is 8.88. The van der Waals surface area contributed by atoms with Crippen LogP contribution in [-0.2, 0) is 37.2 Å². The molecule has 0 fully saturated rings. The van der Waals surface area contributed by atoms with Gasteiger partial charge in [-0.15, -0.1) is 0 Å². The average molecular weight is 697 g/mol. The highest BCUT2D eigenvalue weighted by molar-refractivity contribution is 7.48. The van der Waals surface area contributed by atoms with Crippen molar-refractivity contribution in [3.05, 3.63) is 0 Å². The molecule has 0 aliphatic carbocycles. The Bertz CT molecular complexity index is 631. The molecule has 0 aromatic rings. The van der Waals surface area contributed by atoms with Gasteiger partial charge in [-0.3, -0.25) is 23.2 Å². The van der Waals surface area contributed by atoms with Crippen molar-refractivity contribution < 1.29 is 47.4 Å². The van der Waals surface area contributed by atoms with Gasteiger partial charge in [-0.1, -0.05) is 117 Å². The Morgan fingerprint density at radius 1 is 0.426 bits per heavy atom. The zero-order chi connectivity index (χ0) is 35.1. The van der Waals surface area contributed by atoms with Crippen LogP contribution in [0, 0.1) is 0 Å². The molecule has 0 unspecified atom stereocenters. The first-order chi connectivity index (χ1) is 22.9. The highest BCUT2D eigenvalue weighted by atomic mass is 31.2. The Hall–Kier alpha value is -1.03. The number of rotatable bonds is 35. The van der Waals surface area contributed by atoms with E-state index in [2.05, 4.69) is 20.8 Å². The lowest BCUT2D eigenvalue weighted by Crippen LogP contribution is -2.08. The van der Waals surface area contributed by atoms with Crippen LogP contribution in [0.4, 0.5) is 0 Å². The molecular weight excluding hydrogens is 623 g/mol.